The zero-order valence-electron chi connectivity index (χ0n) is 21.8. The SMILES string of the molecule is COC(=O)[C@@H](Cc1c2ccccc2cc2ccccc12)NC(=O)[C@H](NC(=O)OCc1ccccc1)C(C)C. The first-order valence-electron chi connectivity index (χ1n) is 12.6. The van der Waals surface area contributed by atoms with Crippen LogP contribution in [0.1, 0.15) is 25.0 Å². The van der Waals surface area contributed by atoms with E-state index in [1.54, 1.807) is 0 Å². The minimum absolute atomic E-state index is 0.0814. The molecule has 38 heavy (non-hydrogen) atoms. The lowest BCUT2D eigenvalue weighted by atomic mass is 9.92. The minimum Gasteiger partial charge on any atom is -0.467 e. The number of esters is 1. The second-order valence-corrected chi connectivity index (χ2v) is 9.51. The Bertz CT molecular complexity index is 1380. The maximum atomic E-state index is 13.4. The van der Waals surface area contributed by atoms with Gasteiger partial charge in [-0.1, -0.05) is 92.7 Å². The molecule has 4 rings (SSSR count). The van der Waals surface area contributed by atoms with Gasteiger partial charge >= 0.3 is 12.1 Å². The lowest BCUT2D eigenvalue weighted by Crippen LogP contribution is -2.54. The van der Waals surface area contributed by atoms with Crippen molar-refractivity contribution in [3.63, 3.8) is 0 Å². The summed E-state index contributed by atoms with van der Waals surface area (Å²) in [7, 11) is 1.29. The van der Waals surface area contributed by atoms with Gasteiger partial charge < -0.3 is 20.1 Å². The monoisotopic (exact) mass is 512 g/mol. The lowest BCUT2D eigenvalue weighted by molar-refractivity contribution is -0.145. The first kappa shape index (κ1) is 26.7. The van der Waals surface area contributed by atoms with Crippen molar-refractivity contribution in [2.45, 2.75) is 39.0 Å². The molecule has 196 valence electrons. The highest BCUT2D eigenvalue weighted by atomic mass is 16.5. The fourth-order valence-electron chi connectivity index (χ4n) is 4.56. The van der Waals surface area contributed by atoms with Crippen molar-refractivity contribution in [2.24, 2.45) is 5.92 Å². The van der Waals surface area contributed by atoms with Crippen LogP contribution in [0.3, 0.4) is 0 Å². The first-order valence-corrected chi connectivity index (χ1v) is 12.6. The van der Waals surface area contributed by atoms with E-state index in [4.69, 9.17) is 9.47 Å². The quantitative estimate of drug-likeness (QED) is 0.239. The first-order chi connectivity index (χ1) is 18.4. The Balaban J connectivity index is 1.55. The third-order valence-electron chi connectivity index (χ3n) is 6.53. The maximum Gasteiger partial charge on any atom is 0.408 e. The van der Waals surface area contributed by atoms with Gasteiger partial charge in [0.25, 0.3) is 0 Å². The van der Waals surface area contributed by atoms with Crippen molar-refractivity contribution in [1.29, 1.82) is 0 Å². The molecule has 0 fully saturated rings. The van der Waals surface area contributed by atoms with Crippen LogP contribution in [0.15, 0.2) is 84.9 Å². The summed E-state index contributed by atoms with van der Waals surface area (Å²) in [5.41, 5.74) is 1.77. The Morgan fingerprint density at radius 3 is 1.95 bits per heavy atom. The molecule has 0 aliphatic rings. The van der Waals surface area contributed by atoms with E-state index < -0.39 is 30.1 Å². The highest BCUT2D eigenvalue weighted by Crippen LogP contribution is 2.29. The van der Waals surface area contributed by atoms with Crippen molar-refractivity contribution >= 4 is 39.5 Å². The number of benzene rings is 4. The van der Waals surface area contributed by atoms with E-state index in [2.05, 4.69) is 16.7 Å². The van der Waals surface area contributed by atoms with Crippen LogP contribution in [0.2, 0.25) is 0 Å². The normalized spacial score (nSPS) is 12.6. The van der Waals surface area contributed by atoms with E-state index in [-0.39, 0.29) is 18.9 Å². The molecule has 0 unspecified atom stereocenters. The second-order valence-electron chi connectivity index (χ2n) is 9.51. The molecule has 0 radical (unpaired) electrons. The van der Waals surface area contributed by atoms with Crippen LogP contribution in [0.25, 0.3) is 21.5 Å². The third kappa shape index (κ3) is 6.29. The summed E-state index contributed by atoms with van der Waals surface area (Å²) in [4.78, 5) is 38.7. The van der Waals surface area contributed by atoms with Crippen LogP contribution in [0, 0.1) is 5.92 Å². The molecular weight excluding hydrogens is 480 g/mol. The van der Waals surface area contributed by atoms with Crippen molar-refractivity contribution in [3.8, 4) is 0 Å². The number of hydrogen-bond donors (Lipinski definition) is 2. The summed E-state index contributed by atoms with van der Waals surface area (Å²) in [5, 5.41) is 9.55. The predicted octanol–water partition coefficient (Wildman–Crippen LogP) is 5.14. The zero-order chi connectivity index (χ0) is 27.1. The number of hydrogen-bond acceptors (Lipinski definition) is 5. The highest BCUT2D eigenvalue weighted by Gasteiger charge is 2.30. The van der Waals surface area contributed by atoms with Crippen LogP contribution in [-0.2, 0) is 32.1 Å². The van der Waals surface area contributed by atoms with Crippen LogP contribution < -0.4 is 10.6 Å². The predicted molar refractivity (Wildman–Crippen MR) is 147 cm³/mol. The van der Waals surface area contributed by atoms with Gasteiger partial charge in [0.15, 0.2) is 0 Å². The number of fused-ring (bicyclic) bond motifs is 2. The van der Waals surface area contributed by atoms with Gasteiger partial charge in [0.1, 0.15) is 18.7 Å². The van der Waals surface area contributed by atoms with Gasteiger partial charge in [0.05, 0.1) is 7.11 Å². The molecule has 0 aliphatic heterocycles. The molecule has 2 atom stereocenters. The van der Waals surface area contributed by atoms with E-state index in [1.807, 2.05) is 92.7 Å². The Kier molecular flexibility index (Phi) is 8.58. The average Bonchev–Trinajstić information content (AvgIpc) is 2.94. The molecule has 2 amide bonds. The molecule has 0 aromatic heterocycles. The largest absolute Gasteiger partial charge is 0.467 e. The number of rotatable bonds is 9. The molecular formula is C31H32N2O5. The maximum absolute atomic E-state index is 13.4. The lowest BCUT2D eigenvalue weighted by Gasteiger charge is -2.25. The fraction of sp³-hybridized carbons (Fsp3) is 0.258. The summed E-state index contributed by atoms with van der Waals surface area (Å²) < 4.78 is 10.4. The number of ether oxygens (including phenoxy) is 2. The topological polar surface area (TPSA) is 93.7 Å². The fourth-order valence-corrected chi connectivity index (χ4v) is 4.56. The Labute approximate surface area is 222 Å². The van der Waals surface area contributed by atoms with E-state index in [1.165, 1.54) is 7.11 Å². The number of carbonyl (C=O) groups is 3. The van der Waals surface area contributed by atoms with Crippen LogP contribution in [0.4, 0.5) is 4.79 Å². The molecule has 4 aromatic rings. The molecule has 4 aromatic carbocycles. The minimum atomic E-state index is -0.954. The van der Waals surface area contributed by atoms with E-state index in [0.717, 1.165) is 32.7 Å². The summed E-state index contributed by atoms with van der Waals surface area (Å²) in [6, 6.07) is 25.4. The van der Waals surface area contributed by atoms with E-state index in [9.17, 15) is 14.4 Å². The van der Waals surface area contributed by atoms with Crippen molar-refractivity contribution < 1.29 is 23.9 Å². The second kappa shape index (κ2) is 12.2. The Morgan fingerprint density at radius 1 is 0.789 bits per heavy atom. The van der Waals surface area contributed by atoms with Gasteiger partial charge in [-0.2, -0.15) is 0 Å². The number of nitrogens with one attached hydrogen (secondary N) is 2. The van der Waals surface area contributed by atoms with Gasteiger partial charge in [0.2, 0.25) is 5.91 Å². The van der Waals surface area contributed by atoms with Crippen molar-refractivity contribution in [2.75, 3.05) is 7.11 Å². The number of alkyl carbamates (subject to hydrolysis) is 1. The molecule has 0 saturated heterocycles. The zero-order valence-corrected chi connectivity index (χ0v) is 21.8. The number of methoxy groups -OCH3 is 1. The molecule has 0 bridgehead atoms. The Morgan fingerprint density at radius 2 is 1.37 bits per heavy atom. The van der Waals surface area contributed by atoms with Crippen LogP contribution in [-0.4, -0.2) is 37.2 Å². The molecule has 0 heterocycles. The molecule has 0 aliphatic carbocycles. The third-order valence-corrected chi connectivity index (χ3v) is 6.53. The summed E-state index contributed by atoms with van der Waals surface area (Å²) in [5.74, 6) is -1.31. The summed E-state index contributed by atoms with van der Waals surface area (Å²) in [6.45, 7) is 3.71. The number of carbonyl (C=O) groups excluding carboxylic acids is 3. The highest BCUT2D eigenvalue weighted by molar-refractivity contribution is 6.03. The molecule has 7 nitrogen and oxygen atoms in total. The van der Waals surface area contributed by atoms with Crippen molar-refractivity contribution in [1.82, 2.24) is 10.6 Å². The van der Waals surface area contributed by atoms with Gasteiger partial charge in [-0.05, 0) is 44.7 Å². The van der Waals surface area contributed by atoms with Gasteiger partial charge in [-0.3, -0.25) is 4.79 Å². The number of amides is 2. The van der Waals surface area contributed by atoms with Gasteiger partial charge in [-0.25, -0.2) is 9.59 Å². The summed E-state index contributed by atoms with van der Waals surface area (Å²) in [6.07, 6.45) is -0.485. The molecule has 2 N–H and O–H groups in total. The standard InChI is InChI=1S/C31H32N2O5/c1-20(2)28(33-31(36)38-19-21-11-5-4-6-12-21)29(34)32-27(30(35)37-3)18-26-24-15-9-7-13-22(24)17-23-14-8-10-16-25(23)26/h4-17,20,27-28H,18-19H2,1-3H3,(H,32,34)(H,33,36)/t27-,28-/m1/s1. The smallest absolute Gasteiger partial charge is 0.408 e. The van der Waals surface area contributed by atoms with Gasteiger partial charge in [0, 0.05) is 6.42 Å². The average molecular weight is 513 g/mol. The van der Waals surface area contributed by atoms with Gasteiger partial charge in [-0.15, -0.1) is 0 Å². The summed E-state index contributed by atoms with van der Waals surface area (Å²) >= 11 is 0. The van der Waals surface area contributed by atoms with E-state index in [0.29, 0.717) is 0 Å². The van der Waals surface area contributed by atoms with Crippen LogP contribution in [0.5, 0.6) is 0 Å². The van der Waals surface area contributed by atoms with E-state index >= 15 is 0 Å². The molecule has 0 spiro atoms. The van der Waals surface area contributed by atoms with Crippen molar-refractivity contribution in [3.05, 3.63) is 96.1 Å². The molecule has 7 heteroatoms. The Hall–Kier alpha value is -4.39. The van der Waals surface area contributed by atoms with Crippen LogP contribution >= 0.6 is 0 Å². The molecule has 0 saturated carbocycles.